The number of aryl methyl sites for hydroxylation is 1. The molecule has 1 fully saturated rings. The van der Waals surface area contributed by atoms with Crippen LogP contribution in [0.15, 0.2) is 30.3 Å². The number of halogens is 2. The van der Waals surface area contributed by atoms with Crippen LogP contribution in [0.1, 0.15) is 29.0 Å². The van der Waals surface area contributed by atoms with Crippen molar-refractivity contribution in [1.82, 2.24) is 5.32 Å². The van der Waals surface area contributed by atoms with Crippen molar-refractivity contribution in [2.24, 2.45) is 5.92 Å². The Bertz CT molecular complexity index is 936. The lowest BCUT2D eigenvalue weighted by atomic mass is 9.83. The Balaban J connectivity index is 1.51. The van der Waals surface area contributed by atoms with Gasteiger partial charge in [0.25, 0.3) is 0 Å². The number of Topliss-reactive ketones (excluding diaryl/α,β-unsaturated/α-hetero) is 1. The quantitative estimate of drug-likeness (QED) is 0.857. The second-order valence-electron chi connectivity index (χ2n) is 7.21. The van der Waals surface area contributed by atoms with Gasteiger partial charge in [-0.1, -0.05) is 6.07 Å². The standard InChI is InChI=1S/C21H19F2NO4/c1-11-4-16(22)20(17(23)5-11)15-9-24-21(26)14(15)8-13(25)6-12-2-3-18-19(7-12)28-10-27-18/h2-5,7,14-15H,6,8-10H2,1H3,(H,24,26)/t14-,15+/m0/s1. The van der Waals surface area contributed by atoms with Gasteiger partial charge in [0.1, 0.15) is 17.4 Å². The topological polar surface area (TPSA) is 64.6 Å². The van der Waals surface area contributed by atoms with Crippen LogP contribution in [-0.2, 0) is 16.0 Å². The van der Waals surface area contributed by atoms with E-state index in [-0.39, 0.29) is 43.4 Å². The van der Waals surface area contributed by atoms with Crippen LogP contribution in [0.3, 0.4) is 0 Å². The molecule has 1 N–H and O–H groups in total. The fourth-order valence-corrected chi connectivity index (χ4v) is 3.87. The minimum absolute atomic E-state index is 0.0856. The summed E-state index contributed by atoms with van der Waals surface area (Å²) in [5.74, 6) is -2.23. The van der Waals surface area contributed by atoms with Gasteiger partial charge in [-0.2, -0.15) is 0 Å². The zero-order valence-electron chi connectivity index (χ0n) is 15.3. The van der Waals surface area contributed by atoms with Gasteiger partial charge < -0.3 is 14.8 Å². The molecule has 0 bridgehead atoms. The molecule has 1 amide bonds. The van der Waals surface area contributed by atoms with Crippen molar-refractivity contribution < 1.29 is 27.8 Å². The Morgan fingerprint density at radius 1 is 1.14 bits per heavy atom. The van der Waals surface area contributed by atoms with Gasteiger partial charge in [0.05, 0.1) is 5.92 Å². The smallest absolute Gasteiger partial charge is 0.231 e. The van der Waals surface area contributed by atoms with Gasteiger partial charge in [0, 0.05) is 30.9 Å². The van der Waals surface area contributed by atoms with E-state index in [1.54, 1.807) is 25.1 Å². The first-order valence-electron chi connectivity index (χ1n) is 9.06. The number of ether oxygens (including phenoxy) is 2. The molecule has 2 aromatic carbocycles. The van der Waals surface area contributed by atoms with Crippen LogP contribution in [0, 0.1) is 24.5 Å². The summed E-state index contributed by atoms with van der Waals surface area (Å²) in [5.41, 5.74) is 1.06. The van der Waals surface area contributed by atoms with E-state index in [1.807, 2.05) is 0 Å². The highest BCUT2D eigenvalue weighted by atomic mass is 19.1. The van der Waals surface area contributed by atoms with Crippen LogP contribution < -0.4 is 14.8 Å². The molecule has 0 saturated carbocycles. The van der Waals surface area contributed by atoms with Gasteiger partial charge >= 0.3 is 0 Å². The van der Waals surface area contributed by atoms with Gasteiger partial charge in [-0.05, 0) is 42.3 Å². The molecule has 2 aromatic rings. The number of carbonyl (C=O) groups excluding carboxylic acids is 2. The van der Waals surface area contributed by atoms with E-state index < -0.39 is 23.5 Å². The van der Waals surface area contributed by atoms with Crippen LogP contribution in [0.4, 0.5) is 8.78 Å². The molecule has 2 aliphatic heterocycles. The molecule has 0 unspecified atom stereocenters. The first kappa shape index (κ1) is 18.4. The Morgan fingerprint density at radius 2 is 1.86 bits per heavy atom. The molecular weight excluding hydrogens is 368 g/mol. The van der Waals surface area contributed by atoms with Gasteiger partial charge in [-0.15, -0.1) is 0 Å². The predicted octanol–water partition coefficient (Wildman–Crippen LogP) is 3.03. The second kappa shape index (κ2) is 7.22. The lowest BCUT2D eigenvalue weighted by Gasteiger charge is -2.18. The molecule has 7 heteroatoms. The molecule has 2 atom stereocenters. The Kier molecular flexibility index (Phi) is 4.75. The number of hydrogen-bond acceptors (Lipinski definition) is 4. The third-order valence-corrected chi connectivity index (χ3v) is 5.20. The molecule has 0 spiro atoms. The summed E-state index contributed by atoms with van der Waals surface area (Å²) >= 11 is 0. The lowest BCUT2D eigenvalue weighted by Crippen LogP contribution is -2.23. The van der Waals surface area contributed by atoms with E-state index >= 15 is 0 Å². The fourth-order valence-electron chi connectivity index (χ4n) is 3.87. The van der Waals surface area contributed by atoms with Crippen LogP contribution in [0.5, 0.6) is 11.5 Å². The van der Waals surface area contributed by atoms with Crippen LogP contribution in [0.2, 0.25) is 0 Å². The first-order chi connectivity index (χ1) is 13.4. The minimum atomic E-state index is -0.798. The number of rotatable bonds is 5. The average Bonchev–Trinajstić information content (AvgIpc) is 3.22. The van der Waals surface area contributed by atoms with Crippen molar-refractivity contribution in [1.29, 1.82) is 0 Å². The van der Waals surface area contributed by atoms with Crippen molar-refractivity contribution in [3.8, 4) is 11.5 Å². The van der Waals surface area contributed by atoms with Crippen LogP contribution in [0.25, 0.3) is 0 Å². The van der Waals surface area contributed by atoms with Crippen molar-refractivity contribution in [3.05, 3.63) is 58.7 Å². The van der Waals surface area contributed by atoms with Gasteiger partial charge in [0.2, 0.25) is 12.7 Å². The third kappa shape index (κ3) is 3.44. The SMILES string of the molecule is Cc1cc(F)c([C@@H]2CNC(=O)[C@H]2CC(=O)Cc2ccc3c(c2)OCO3)c(F)c1. The monoisotopic (exact) mass is 387 g/mol. The number of fused-ring (bicyclic) bond motifs is 1. The molecule has 4 rings (SSSR count). The lowest BCUT2D eigenvalue weighted by molar-refractivity contribution is -0.127. The summed E-state index contributed by atoms with van der Waals surface area (Å²) < 4.78 is 39.3. The maximum absolute atomic E-state index is 14.4. The van der Waals surface area contributed by atoms with Crippen LogP contribution >= 0.6 is 0 Å². The Morgan fingerprint density at radius 3 is 2.61 bits per heavy atom. The summed E-state index contributed by atoms with van der Waals surface area (Å²) in [7, 11) is 0. The molecule has 0 aliphatic carbocycles. The van der Waals surface area contributed by atoms with Crippen LogP contribution in [-0.4, -0.2) is 25.0 Å². The maximum Gasteiger partial charge on any atom is 0.231 e. The van der Waals surface area contributed by atoms with E-state index in [9.17, 15) is 18.4 Å². The van der Waals surface area contributed by atoms with Gasteiger partial charge in [-0.25, -0.2) is 8.78 Å². The number of ketones is 1. The second-order valence-corrected chi connectivity index (χ2v) is 7.21. The van der Waals surface area contributed by atoms with E-state index in [0.29, 0.717) is 17.1 Å². The van der Waals surface area contributed by atoms with Crippen molar-refractivity contribution >= 4 is 11.7 Å². The molecule has 0 aromatic heterocycles. The summed E-state index contributed by atoms with van der Waals surface area (Å²) in [5, 5.41) is 2.63. The number of nitrogens with one attached hydrogen (secondary N) is 1. The normalized spacial score (nSPS) is 20.3. The molecule has 2 heterocycles. The third-order valence-electron chi connectivity index (χ3n) is 5.20. The highest BCUT2D eigenvalue weighted by Crippen LogP contribution is 2.36. The predicted molar refractivity (Wildman–Crippen MR) is 96.2 cm³/mol. The van der Waals surface area contributed by atoms with Gasteiger partial charge in [-0.3, -0.25) is 9.59 Å². The molecule has 2 aliphatic rings. The highest BCUT2D eigenvalue weighted by molar-refractivity contribution is 5.90. The Hall–Kier alpha value is -2.96. The van der Waals surface area contributed by atoms with E-state index in [2.05, 4.69) is 5.32 Å². The van der Waals surface area contributed by atoms with Gasteiger partial charge in [0.15, 0.2) is 11.5 Å². The van der Waals surface area contributed by atoms with Crippen molar-refractivity contribution in [2.45, 2.75) is 25.7 Å². The Labute approximate surface area is 160 Å². The summed E-state index contributed by atoms with van der Waals surface area (Å²) in [6.45, 7) is 1.85. The average molecular weight is 387 g/mol. The molecule has 5 nitrogen and oxygen atoms in total. The van der Waals surface area contributed by atoms with E-state index in [0.717, 1.165) is 5.56 Å². The first-order valence-corrected chi connectivity index (χ1v) is 9.06. The number of carbonyl (C=O) groups is 2. The summed E-state index contributed by atoms with van der Waals surface area (Å²) in [6, 6.07) is 7.70. The molecule has 1 saturated heterocycles. The zero-order valence-corrected chi connectivity index (χ0v) is 15.3. The number of amides is 1. The molecular formula is C21H19F2NO4. The molecule has 28 heavy (non-hydrogen) atoms. The fraction of sp³-hybridized carbons (Fsp3) is 0.333. The molecule has 0 radical (unpaired) electrons. The van der Waals surface area contributed by atoms with E-state index in [4.69, 9.17) is 9.47 Å². The number of benzene rings is 2. The maximum atomic E-state index is 14.4. The largest absolute Gasteiger partial charge is 0.454 e. The highest BCUT2D eigenvalue weighted by Gasteiger charge is 2.39. The number of hydrogen-bond donors (Lipinski definition) is 1. The van der Waals surface area contributed by atoms with Crippen molar-refractivity contribution in [3.63, 3.8) is 0 Å². The minimum Gasteiger partial charge on any atom is -0.454 e. The molecule has 146 valence electrons. The summed E-state index contributed by atoms with van der Waals surface area (Å²) in [6.07, 6.45) is 0.0176. The summed E-state index contributed by atoms with van der Waals surface area (Å²) in [4.78, 5) is 24.8. The zero-order chi connectivity index (χ0) is 19.8. The van der Waals surface area contributed by atoms with Crippen molar-refractivity contribution in [2.75, 3.05) is 13.3 Å². The van der Waals surface area contributed by atoms with E-state index in [1.165, 1.54) is 12.1 Å².